The second kappa shape index (κ2) is 6.98. The summed E-state index contributed by atoms with van der Waals surface area (Å²) in [6.45, 7) is -0.152. The molecule has 1 fully saturated rings. The van der Waals surface area contributed by atoms with Gasteiger partial charge in [-0.05, 0) is 18.6 Å². The van der Waals surface area contributed by atoms with E-state index >= 15 is 0 Å². The lowest BCUT2D eigenvalue weighted by Gasteiger charge is -2.13. The molecule has 2 rings (SSSR count). The second-order valence-corrected chi connectivity index (χ2v) is 5.41. The number of nitrogens with zero attached hydrogens (tertiary/aromatic N) is 1. The average molecular weight is 346 g/mol. The molecule has 1 saturated heterocycles. The molecule has 1 aliphatic rings. The van der Waals surface area contributed by atoms with Crippen molar-refractivity contribution in [2.24, 2.45) is 0 Å². The number of hydrogen-bond acceptors (Lipinski definition) is 5. The molecule has 1 aliphatic heterocycles. The van der Waals surface area contributed by atoms with Crippen LogP contribution < -0.4 is 4.74 Å². The van der Waals surface area contributed by atoms with Gasteiger partial charge in [-0.25, -0.2) is 4.79 Å². The number of imide groups is 1. The fraction of sp³-hybridized carbons (Fsp3) is 0.357. The smallest absolute Gasteiger partial charge is 0.338 e. The molecule has 0 aromatic heterocycles. The van der Waals surface area contributed by atoms with Crippen molar-refractivity contribution >= 4 is 41.0 Å². The zero-order chi connectivity index (χ0) is 16.3. The van der Waals surface area contributed by atoms with Gasteiger partial charge in [-0.3, -0.25) is 14.5 Å². The molecular weight excluding hydrogens is 333 g/mol. The fourth-order valence-corrected chi connectivity index (χ4v) is 2.71. The molecule has 0 unspecified atom stereocenters. The summed E-state index contributed by atoms with van der Waals surface area (Å²) in [5, 5.41) is 0.311. The van der Waals surface area contributed by atoms with E-state index in [-0.39, 0.29) is 27.3 Å². The second-order valence-electron chi connectivity index (χ2n) is 4.59. The Morgan fingerprint density at radius 1 is 1.27 bits per heavy atom. The Morgan fingerprint density at radius 2 is 1.91 bits per heavy atom. The SMILES string of the molecule is COc1c(Cl)cc(C(=O)OCC(=O)N2CCCC2=O)cc1Cl. The van der Waals surface area contributed by atoms with Crippen LogP contribution in [0.2, 0.25) is 10.0 Å². The first-order valence-electron chi connectivity index (χ1n) is 6.47. The third-order valence-corrected chi connectivity index (χ3v) is 3.70. The first-order valence-corrected chi connectivity index (χ1v) is 7.23. The van der Waals surface area contributed by atoms with Gasteiger partial charge >= 0.3 is 5.97 Å². The molecule has 6 nitrogen and oxygen atoms in total. The highest BCUT2D eigenvalue weighted by atomic mass is 35.5. The first-order chi connectivity index (χ1) is 10.4. The van der Waals surface area contributed by atoms with Crippen molar-refractivity contribution in [1.29, 1.82) is 0 Å². The number of halogens is 2. The van der Waals surface area contributed by atoms with Crippen LogP contribution in [0.1, 0.15) is 23.2 Å². The number of carbonyl (C=O) groups excluding carboxylic acids is 3. The van der Waals surface area contributed by atoms with Gasteiger partial charge in [-0.15, -0.1) is 0 Å². The Kier molecular flexibility index (Phi) is 5.26. The molecule has 1 heterocycles. The lowest BCUT2D eigenvalue weighted by atomic mass is 10.2. The van der Waals surface area contributed by atoms with Crippen molar-refractivity contribution in [3.8, 4) is 5.75 Å². The normalized spacial score (nSPS) is 14.1. The van der Waals surface area contributed by atoms with E-state index in [0.717, 1.165) is 4.90 Å². The molecule has 2 amide bonds. The predicted molar refractivity (Wildman–Crippen MR) is 79.3 cm³/mol. The summed E-state index contributed by atoms with van der Waals surface area (Å²) in [6.07, 6.45) is 0.964. The number of hydrogen-bond donors (Lipinski definition) is 0. The van der Waals surface area contributed by atoms with Gasteiger partial charge in [0.25, 0.3) is 5.91 Å². The van der Waals surface area contributed by atoms with Crippen LogP contribution in [0.3, 0.4) is 0 Å². The summed E-state index contributed by atoms with van der Waals surface area (Å²) >= 11 is 11.9. The van der Waals surface area contributed by atoms with Gasteiger partial charge in [0.1, 0.15) is 0 Å². The van der Waals surface area contributed by atoms with Crippen LogP contribution in [0.4, 0.5) is 0 Å². The lowest BCUT2D eigenvalue weighted by Crippen LogP contribution is -2.35. The number of methoxy groups -OCH3 is 1. The maximum absolute atomic E-state index is 11.9. The van der Waals surface area contributed by atoms with Crippen molar-refractivity contribution in [2.75, 3.05) is 20.3 Å². The molecule has 22 heavy (non-hydrogen) atoms. The molecule has 0 aliphatic carbocycles. The molecule has 8 heteroatoms. The molecule has 0 bridgehead atoms. The quantitative estimate of drug-likeness (QED) is 0.783. The summed E-state index contributed by atoms with van der Waals surface area (Å²) in [6, 6.07) is 2.67. The number of ether oxygens (including phenoxy) is 2. The molecule has 0 atom stereocenters. The predicted octanol–water partition coefficient (Wildman–Crippen LogP) is 2.31. The number of benzene rings is 1. The van der Waals surface area contributed by atoms with Crippen LogP contribution in [-0.4, -0.2) is 42.9 Å². The molecule has 0 spiro atoms. The molecule has 0 N–H and O–H groups in total. The van der Waals surface area contributed by atoms with Gasteiger partial charge in [0.15, 0.2) is 12.4 Å². The molecule has 1 aromatic rings. The van der Waals surface area contributed by atoms with E-state index < -0.39 is 18.5 Å². The number of rotatable bonds is 4. The zero-order valence-electron chi connectivity index (χ0n) is 11.7. The van der Waals surface area contributed by atoms with Crippen LogP contribution in [0.15, 0.2) is 12.1 Å². The molecule has 0 saturated carbocycles. The van der Waals surface area contributed by atoms with Gasteiger partial charge in [0.05, 0.1) is 22.7 Å². The van der Waals surface area contributed by atoms with E-state index in [1.165, 1.54) is 19.2 Å². The largest absolute Gasteiger partial charge is 0.494 e. The summed E-state index contributed by atoms with van der Waals surface area (Å²) in [5.41, 5.74) is 0.0938. The summed E-state index contributed by atoms with van der Waals surface area (Å²) in [4.78, 5) is 36.2. The van der Waals surface area contributed by atoms with E-state index in [4.69, 9.17) is 32.7 Å². The van der Waals surface area contributed by atoms with Crippen molar-refractivity contribution in [3.05, 3.63) is 27.7 Å². The van der Waals surface area contributed by atoms with Gasteiger partial charge in [0, 0.05) is 13.0 Å². The Bertz CT molecular complexity index is 609. The molecule has 1 aromatic carbocycles. The third-order valence-electron chi connectivity index (χ3n) is 3.14. The highest BCUT2D eigenvalue weighted by molar-refractivity contribution is 6.37. The van der Waals surface area contributed by atoms with E-state index in [1.54, 1.807) is 0 Å². The standard InChI is InChI=1S/C14H13Cl2NO5/c1-21-13-9(15)5-8(6-10(13)16)14(20)22-7-12(19)17-4-2-3-11(17)18/h5-6H,2-4,7H2,1H3. The number of likely N-dealkylation sites (tertiary alicyclic amines) is 1. The minimum Gasteiger partial charge on any atom is -0.494 e. The summed E-state index contributed by atoms with van der Waals surface area (Å²) in [5.74, 6) is -1.30. The number of amides is 2. The third kappa shape index (κ3) is 3.51. The van der Waals surface area contributed by atoms with E-state index in [2.05, 4.69) is 0 Å². The van der Waals surface area contributed by atoms with Crippen LogP contribution in [0.25, 0.3) is 0 Å². The minimum atomic E-state index is -0.758. The molecular formula is C14H13Cl2NO5. The fourth-order valence-electron chi connectivity index (χ4n) is 2.07. The van der Waals surface area contributed by atoms with E-state index in [0.29, 0.717) is 19.4 Å². The Hall–Kier alpha value is -1.79. The van der Waals surface area contributed by atoms with Gasteiger partial charge in [-0.2, -0.15) is 0 Å². The molecule has 0 radical (unpaired) electrons. The van der Waals surface area contributed by atoms with E-state index in [9.17, 15) is 14.4 Å². The van der Waals surface area contributed by atoms with Gasteiger partial charge in [-0.1, -0.05) is 23.2 Å². The highest BCUT2D eigenvalue weighted by Crippen LogP contribution is 2.33. The number of esters is 1. The topological polar surface area (TPSA) is 72.9 Å². The van der Waals surface area contributed by atoms with Gasteiger partial charge < -0.3 is 9.47 Å². The van der Waals surface area contributed by atoms with Crippen molar-refractivity contribution in [2.45, 2.75) is 12.8 Å². The Morgan fingerprint density at radius 3 is 2.41 bits per heavy atom. The van der Waals surface area contributed by atoms with Crippen LogP contribution in [0, 0.1) is 0 Å². The van der Waals surface area contributed by atoms with Gasteiger partial charge in [0.2, 0.25) is 5.91 Å². The first kappa shape index (κ1) is 16.6. The van der Waals surface area contributed by atoms with Crippen LogP contribution in [0.5, 0.6) is 5.75 Å². The van der Waals surface area contributed by atoms with Crippen molar-refractivity contribution in [3.63, 3.8) is 0 Å². The monoisotopic (exact) mass is 345 g/mol. The zero-order valence-corrected chi connectivity index (χ0v) is 13.2. The van der Waals surface area contributed by atoms with Crippen molar-refractivity contribution in [1.82, 2.24) is 4.90 Å². The maximum Gasteiger partial charge on any atom is 0.338 e. The lowest BCUT2D eigenvalue weighted by molar-refractivity contribution is -0.143. The minimum absolute atomic E-state index is 0.0938. The average Bonchev–Trinajstić information content (AvgIpc) is 2.90. The van der Waals surface area contributed by atoms with Crippen LogP contribution in [-0.2, 0) is 14.3 Å². The van der Waals surface area contributed by atoms with E-state index in [1.807, 2.05) is 0 Å². The Balaban J connectivity index is 2.01. The highest BCUT2D eigenvalue weighted by Gasteiger charge is 2.27. The maximum atomic E-state index is 11.9. The van der Waals surface area contributed by atoms with Crippen molar-refractivity contribution < 1.29 is 23.9 Å². The molecule has 118 valence electrons. The summed E-state index contributed by atoms with van der Waals surface area (Å²) in [7, 11) is 1.40. The summed E-state index contributed by atoms with van der Waals surface area (Å²) < 4.78 is 9.87. The number of carbonyl (C=O) groups is 3. The Labute approximate surface area is 136 Å². The van der Waals surface area contributed by atoms with Crippen LogP contribution >= 0.6 is 23.2 Å².